The van der Waals surface area contributed by atoms with Gasteiger partial charge in [-0.15, -0.1) is 0 Å². The van der Waals surface area contributed by atoms with E-state index in [4.69, 9.17) is 0 Å². The van der Waals surface area contributed by atoms with Crippen molar-refractivity contribution in [2.45, 2.75) is 38.1 Å². The van der Waals surface area contributed by atoms with E-state index < -0.39 is 28.4 Å². The summed E-state index contributed by atoms with van der Waals surface area (Å²) >= 11 is 0. The van der Waals surface area contributed by atoms with Crippen LogP contribution in [0.25, 0.3) is 0 Å². The molecule has 6 rings (SSSR count). The third-order valence-corrected chi connectivity index (χ3v) is 13.9. The molecule has 0 saturated heterocycles. The van der Waals surface area contributed by atoms with E-state index in [-0.39, 0.29) is 46.0 Å². The van der Waals surface area contributed by atoms with Gasteiger partial charge in [0.1, 0.15) is 0 Å². The third-order valence-electron chi connectivity index (χ3n) is 8.79. The number of nitrogens with zero attached hydrogens (tertiary/aromatic N) is 2. The van der Waals surface area contributed by atoms with Gasteiger partial charge in [-0.2, -0.15) is 0 Å². The first kappa shape index (κ1) is 45.4. The number of hydrogen-bond donors (Lipinski definition) is 2. The van der Waals surface area contributed by atoms with Gasteiger partial charge in [-0.3, -0.25) is 9.34 Å². The smallest absolute Gasteiger partial charge is 0.387 e. The molecule has 16 radical (unpaired) electrons. The Labute approximate surface area is 326 Å². The predicted octanol–water partition coefficient (Wildman–Crippen LogP) is 7.49. The predicted molar refractivity (Wildman–Crippen MR) is 216 cm³/mol. The molecule has 6 atom stereocenters. The van der Waals surface area contributed by atoms with Crippen molar-refractivity contribution in [3.8, 4) is 0 Å². The van der Waals surface area contributed by atoms with Crippen molar-refractivity contribution in [1.82, 2.24) is 9.34 Å². The van der Waals surface area contributed by atoms with Crippen LogP contribution in [0.1, 0.15) is 37.2 Å². The molecule has 51 heavy (non-hydrogen) atoms. The molecule has 2 aliphatic carbocycles. The van der Waals surface area contributed by atoms with E-state index in [1.54, 1.807) is 0 Å². The van der Waals surface area contributed by atoms with E-state index in [9.17, 15) is 10.2 Å². The van der Waals surface area contributed by atoms with Crippen molar-refractivity contribution in [3.63, 3.8) is 0 Å². The summed E-state index contributed by atoms with van der Waals surface area (Å²) in [5.41, 5.74) is 4.54. The molecular weight excluding hydrogens is 704 g/mol. The first-order valence-electron chi connectivity index (χ1n) is 16.4. The molecule has 0 bridgehead atoms. The van der Waals surface area contributed by atoms with Crippen LogP contribution in [0.2, 0.25) is 0 Å². The van der Waals surface area contributed by atoms with Crippen LogP contribution in [-0.2, 0) is 17.1 Å². The molecule has 0 amide bonds. The van der Waals surface area contributed by atoms with Crippen molar-refractivity contribution < 1.29 is 27.3 Å². The van der Waals surface area contributed by atoms with Crippen LogP contribution in [0.3, 0.4) is 0 Å². The van der Waals surface area contributed by atoms with Gasteiger partial charge in [-0.05, 0) is 101 Å². The molecule has 258 valence electrons. The fourth-order valence-corrected chi connectivity index (χ4v) is 10.7. The first-order valence-corrected chi connectivity index (χ1v) is 19.0. The standard InChI is InChI=1S/2C21H23NOP.2B.Fe/c2*1-17(21(23)18-11-5-3-6-12-18)22(2)24(20-15-9-10-16-20)19-13-7-4-8-14-19;;;/h2*3-17,21,23H,1-2H3;;;/q;;;;+2/t17-,21-,24+;17-,21-,24-;;;/m11.../s1. The van der Waals surface area contributed by atoms with Crippen LogP contribution in [0, 0.1) is 62.7 Å². The second kappa shape index (κ2) is 23.1. The minimum Gasteiger partial charge on any atom is -0.387 e. The Morgan fingerprint density at radius 1 is 0.451 bits per heavy atom. The Kier molecular flexibility index (Phi) is 20.6. The summed E-state index contributed by atoms with van der Waals surface area (Å²) in [6.07, 6.45) is 16.0. The molecular formula is C42H46B2FeN2O2P2+2. The van der Waals surface area contributed by atoms with Crippen molar-refractivity contribution in [2.24, 2.45) is 0 Å². The number of rotatable bonds is 12. The van der Waals surface area contributed by atoms with Crippen LogP contribution >= 0.6 is 16.1 Å². The number of aliphatic hydroxyl groups is 2. The fraction of sp³-hybridized carbons (Fsp3) is 0.190. The van der Waals surface area contributed by atoms with Gasteiger partial charge in [-0.25, -0.2) is 0 Å². The SMILES string of the molecule is C[C@H]([C@@H](O)c1ccccc1)N(C)[P@@]([C]1[CH][CH][CH][CH]1)c1ccccc1.C[C@H]([C@@H](O)c1ccccc1)N(C)[P@]([C]1[CH][CH][CH][CH]1)c1ccccc1.[B].[B].[Fe+2]. The van der Waals surface area contributed by atoms with Gasteiger partial charge in [0.2, 0.25) is 0 Å². The molecule has 0 spiro atoms. The normalized spacial score (nSPS) is 18.2. The van der Waals surface area contributed by atoms with Gasteiger partial charge < -0.3 is 10.2 Å². The zero-order valence-corrected chi connectivity index (χ0v) is 32.6. The van der Waals surface area contributed by atoms with Gasteiger partial charge in [0.25, 0.3) is 0 Å². The van der Waals surface area contributed by atoms with Crippen molar-refractivity contribution in [1.29, 1.82) is 0 Å². The second-order valence-electron chi connectivity index (χ2n) is 11.9. The molecule has 2 aliphatic rings. The third kappa shape index (κ3) is 12.1. The van der Waals surface area contributed by atoms with Gasteiger partial charge in [0, 0.05) is 56.4 Å². The summed E-state index contributed by atoms with van der Waals surface area (Å²) in [5, 5.41) is 24.2. The Morgan fingerprint density at radius 3 is 0.980 bits per heavy atom. The Bertz CT molecular complexity index is 1360. The van der Waals surface area contributed by atoms with E-state index in [2.05, 4.69) is 137 Å². The first-order chi connectivity index (χ1) is 23.4. The van der Waals surface area contributed by atoms with Crippen LogP contribution in [-0.4, -0.2) is 62.6 Å². The average Bonchev–Trinajstić information content (AvgIpc) is 3.88. The van der Waals surface area contributed by atoms with Gasteiger partial charge in [0.15, 0.2) is 0 Å². The molecule has 4 nitrogen and oxygen atoms in total. The molecule has 4 aromatic rings. The van der Waals surface area contributed by atoms with Crippen LogP contribution in [0.15, 0.2) is 121 Å². The monoisotopic (exact) mass is 750 g/mol. The minimum absolute atomic E-state index is 0. The summed E-state index contributed by atoms with van der Waals surface area (Å²) < 4.78 is 4.63. The number of benzene rings is 4. The molecule has 0 aliphatic heterocycles. The second-order valence-corrected chi connectivity index (χ2v) is 16.5. The Hall–Kier alpha value is -1.77. The van der Waals surface area contributed by atoms with Crippen molar-refractivity contribution in [2.75, 3.05) is 14.1 Å². The van der Waals surface area contributed by atoms with Crippen LogP contribution in [0.5, 0.6) is 0 Å². The Balaban J connectivity index is 0.000000334. The largest absolute Gasteiger partial charge is 2.00 e. The average molecular weight is 750 g/mol. The summed E-state index contributed by atoms with van der Waals surface area (Å²) in [7, 11) is 2.90. The Morgan fingerprint density at radius 2 is 0.706 bits per heavy atom. The van der Waals surface area contributed by atoms with Crippen LogP contribution < -0.4 is 10.6 Å². The quantitative estimate of drug-likeness (QED) is 0.117. The summed E-state index contributed by atoms with van der Waals surface area (Å²) in [6.45, 7) is 4.19. The zero-order valence-electron chi connectivity index (χ0n) is 29.7. The van der Waals surface area contributed by atoms with E-state index in [1.165, 1.54) is 21.9 Å². The molecule has 2 N–H and O–H groups in total. The van der Waals surface area contributed by atoms with Gasteiger partial charge in [-0.1, -0.05) is 121 Å². The molecule has 0 aromatic heterocycles. The van der Waals surface area contributed by atoms with E-state index in [0.29, 0.717) is 0 Å². The van der Waals surface area contributed by atoms with Crippen LogP contribution in [0.4, 0.5) is 0 Å². The summed E-state index contributed by atoms with van der Waals surface area (Å²) in [6, 6.07) is 41.0. The molecule has 0 heterocycles. The van der Waals surface area contributed by atoms with Crippen molar-refractivity contribution >= 4 is 43.6 Å². The van der Waals surface area contributed by atoms with Crippen molar-refractivity contribution in [3.05, 3.63) is 195 Å². The topological polar surface area (TPSA) is 46.9 Å². The van der Waals surface area contributed by atoms with E-state index in [1.807, 2.05) is 72.8 Å². The molecule has 0 unspecified atom stereocenters. The number of aliphatic hydroxyl groups excluding tert-OH is 2. The summed E-state index contributed by atoms with van der Waals surface area (Å²) in [5.74, 6) is 0. The number of hydrogen-bond acceptors (Lipinski definition) is 4. The maximum atomic E-state index is 10.8. The molecule has 2 fully saturated rings. The minimum atomic E-state index is -0.664. The summed E-state index contributed by atoms with van der Waals surface area (Å²) in [4.78, 5) is 0. The maximum absolute atomic E-state index is 10.8. The van der Waals surface area contributed by atoms with E-state index in [0.717, 1.165) is 11.1 Å². The van der Waals surface area contributed by atoms with E-state index >= 15 is 0 Å². The maximum Gasteiger partial charge on any atom is 2.00 e. The number of likely N-dealkylation sites (N-methyl/N-ethyl adjacent to an activating group) is 2. The fourth-order valence-electron chi connectivity index (χ4n) is 5.81. The molecule has 4 aromatic carbocycles. The van der Waals surface area contributed by atoms with Gasteiger partial charge in [0.05, 0.1) is 12.2 Å². The molecule has 9 heteroatoms. The zero-order chi connectivity index (χ0) is 33.9. The van der Waals surface area contributed by atoms with Gasteiger partial charge >= 0.3 is 17.1 Å². The molecule has 2 saturated carbocycles.